The fourth-order valence-electron chi connectivity index (χ4n) is 1.41. The predicted octanol–water partition coefficient (Wildman–Crippen LogP) is 1.95. The van der Waals surface area contributed by atoms with Crippen molar-refractivity contribution in [2.75, 3.05) is 13.1 Å². The first-order chi connectivity index (χ1) is 7.08. The molecule has 84 valence electrons. The Kier molecular flexibility index (Phi) is 4.79. The van der Waals surface area contributed by atoms with Crippen molar-refractivity contribution in [2.24, 2.45) is 5.73 Å². The number of hydrogen-bond acceptors (Lipinski definition) is 2. The van der Waals surface area contributed by atoms with Crippen molar-refractivity contribution in [3.63, 3.8) is 0 Å². The van der Waals surface area contributed by atoms with Crippen LogP contribution in [0, 0.1) is 0 Å². The number of nitrogens with one attached hydrogen (secondary N) is 1. The number of rotatable bonds is 6. The van der Waals surface area contributed by atoms with Gasteiger partial charge in [0.25, 0.3) is 0 Å². The average molecular weight is 206 g/mol. The second-order valence-electron chi connectivity index (χ2n) is 4.72. The fraction of sp³-hybridized carbons (Fsp3) is 0.538. The summed E-state index contributed by atoms with van der Waals surface area (Å²) >= 11 is 0. The molecule has 1 aromatic carbocycles. The topological polar surface area (TPSA) is 38.0 Å². The summed E-state index contributed by atoms with van der Waals surface area (Å²) in [4.78, 5) is 0. The lowest BCUT2D eigenvalue weighted by Gasteiger charge is -2.18. The highest BCUT2D eigenvalue weighted by atomic mass is 14.9. The summed E-state index contributed by atoms with van der Waals surface area (Å²) in [7, 11) is 0. The minimum atomic E-state index is -0.0558. The van der Waals surface area contributed by atoms with E-state index in [1.54, 1.807) is 0 Å². The first kappa shape index (κ1) is 12.2. The smallest absolute Gasteiger partial charge is 0.0109 e. The molecule has 15 heavy (non-hydrogen) atoms. The third-order valence-corrected chi connectivity index (χ3v) is 2.38. The summed E-state index contributed by atoms with van der Waals surface area (Å²) in [6.45, 7) is 6.15. The van der Waals surface area contributed by atoms with Gasteiger partial charge in [-0.3, -0.25) is 0 Å². The van der Waals surface area contributed by atoms with E-state index in [0.717, 1.165) is 25.9 Å². The maximum atomic E-state index is 5.89. The number of benzene rings is 1. The van der Waals surface area contributed by atoms with Crippen LogP contribution in [0.4, 0.5) is 0 Å². The first-order valence-electron chi connectivity index (χ1n) is 5.61. The molecule has 0 unspecified atom stereocenters. The van der Waals surface area contributed by atoms with Gasteiger partial charge in [0.2, 0.25) is 0 Å². The molecule has 1 rings (SSSR count). The Balaban J connectivity index is 2.08. The molecule has 0 aliphatic rings. The third kappa shape index (κ3) is 6.26. The lowest BCUT2D eigenvalue weighted by Crippen LogP contribution is -2.36. The zero-order valence-corrected chi connectivity index (χ0v) is 9.79. The highest BCUT2D eigenvalue weighted by molar-refractivity contribution is 5.14. The molecule has 0 spiro atoms. The molecule has 0 aliphatic heterocycles. The van der Waals surface area contributed by atoms with E-state index in [4.69, 9.17) is 5.73 Å². The van der Waals surface area contributed by atoms with Crippen molar-refractivity contribution >= 4 is 0 Å². The maximum absolute atomic E-state index is 5.89. The molecule has 0 amide bonds. The molecule has 2 nitrogen and oxygen atoms in total. The molecule has 0 heterocycles. The van der Waals surface area contributed by atoms with Gasteiger partial charge in [-0.25, -0.2) is 0 Å². The van der Waals surface area contributed by atoms with E-state index in [0.29, 0.717) is 0 Å². The molecule has 0 fully saturated rings. The monoisotopic (exact) mass is 206 g/mol. The Hall–Kier alpha value is -0.860. The van der Waals surface area contributed by atoms with Crippen molar-refractivity contribution in [1.29, 1.82) is 0 Å². The standard InChI is InChI=1S/C13H22N2/c1-13(2,14)9-11-15-10-8-12-6-4-3-5-7-12/h3-7,15H,8-11,14H2,1-2H3. The Morgan fingerprint density at radius 3 is 2.40 bits per heavy atom. The second-order valence-corrected chi connectivity index (χ2v) is 4.72. The van der Waals surface area contributed by atoms with Crippen LogP contribution in [0.3, 0.4) is 0 Å². The van der Waals surface area contributed by atoms with Crippen molar-refractivity contribution in [1.82, 2.24) is 5.32 Å². The van der Waals surface area contributed by atoms with Crippen molar-refractivity contribution < 1.29 is 0 Å². The third-order valence-electron chi connectivity index (χ3n) is 2.38. The van der Waals surface area contributed by atoms with Crippen LogP contribution < -0.4 is 11.1 Å². The zero-order valence-electron chi connectivity index (χ0n) is 9.79. The van der Waals surface area contributed by atoms with Crippen LogP contribution in [0.15, 0.2) is 30.3 Å². The van der Waals surface area contributed by atoms with Gasteiger partial charge >= 0.3 is 0 Å². The van der Waals surface area contributed by atoms with Crippen LogP contribution >= 0.6 is 0 Å². The quantitative estimate of drug-likeness (QED) is 0.698. The van der Waals surface area contributed by atoms with E-state index in [-0.39, 0.29) is 5.54 Å². The van der Waals surface area contributed by atoms with Crippen molar-refractivity contribution in [3.05, 3.63) is 35.9 Å². The molecule has 0 aliphatic carbocycles. The van der Waals surface area contributed by atoms with Gasteiger partial charge < -0.3 is 11.1 Å². The molecule has 2 heteroatoms. The largest absolute Gasteiger partial charge is 0.326 e. The molecule has 1 aromatic rings. The number of nitrogens with two attached hydrogens (primary N) is 1. The molecular weight excluding hydrogens is 184 g/mol. The van der Waals surface area contributed by atoms with Crippen LogP contribution in [0.5, 0.6) is 0 Å². The van der Waals surface area contributed by atoms with E-state index in [2.05, 4.69) is 43.4 Å². The highest BCUT2D eigenvalue weighted by Crippen LogP contribution is 2.01. The van der Waals surface area contributed by atoms with Gasteiger partial charge in [0.1, 0.15) is 0 Å². The van der Waals surface area contributed by atoms with E-state index in [1.165, 1.54) is 5.56 Å². The van der Waals surface area contributed by atoms with Gasteiger partial charge in [-0.05, 0) is 45.3 Å². The fourth-order valence-corrected chi connectivity index (χ4v) is 1.41. The van der Waals surface area contributed by atoms with Crippen LogP contribution in [-0.2, 0) is 6.42 Å². The molecule has 3 N–H and O–H groups in total. The Labute approximate surface area is 92.9 Å². The summed E-state index contributed by atoms with van der Waals surface area (Å²) < 4.78 is 0. The molecule has 0 bridgehead atoms. The van der Waals surface area contributed by atoms with Gasteiger partial charge in [-0.15, -0.1) is 0 Å². The molecule has 0 aromatic heterocycles. The summed E-state index contributed by atoms with van der Waals surface area (Å²) in [5.74, 6) is 0. The summed E-state index contributed by atoms with van der Waals surface area (Å²) in [6, 6.07) is 10.5. The van der Waals surface area contributed by atoms with E-state index < -0.39 is 0 Å². The lowest BCUT2D eigenvalue weighted by molar-refractivity contribution is 0.456. The molecule has 0 saturated carbocycles. The summed E-state index contributed by atoms with van der Waals surface area (Å²) in [5, 5.41) is 3.41. The second kappa shape index (κ2) is 5.89. The Bertz CT molecular complexity index is 262. The van der Waals surface area contributed by atoms with Crippen LogP contribution in [0.1, 0.15) is 25.8 Å². The predicted molar refractivity (Wildman–Crippen MR) is 65.9 cm³/mol. The first-order valence-corrected chi connectivity index (χ1v) is 5.61. The minimum Gasteiger partial charge on any atom is -0.326 e. The van der Waals surface area contributed by atoms with Gasteiger partial charge in [0.15, 0.2) is 0 Å². The maximum Gasteiger partial charge on any atom is 0.0109 e. The van der Waals surface area contributed by atoms with E-state index in [1.807, 2.05) is 6.07 Å². The Morgan fingerprint density at radius 1 is 1.13 bits per heavy atom. The van der Waals surface area contributed by atoms with Crippen molar-refractivity contribution in [3.8, 4) is 0 Å². The lowest BCUT2D eigenvalue weighted by atomic mass is 10.0. The summed E-state index contributed by atoms with van der Waals surface area (Å²) in [5.41, 5.74) is 7.22. The highest BCUT2D eigenvalue weighted by Gasteiger charge is 2.08. The van der Waals surface area contributed by atoms with Crippen molar-refractivity contribution in [2.45, 2.75) is 32.2 Å². The molecule has 0 radical (unpaired) electrons. The Morgan fingerprint density at radius 2 is 1.80 bits per heavy atom. The normalized spacial score (nSPS) is 11.7. The number of hydrogen-bond donors (Lipinski definition) is 2. The summed E-state index contributed by atoms with van der Waals surface area (Å²) in [6.07, 6.45) is 2.10. The van der Waals surface area contributed by atoms with Gasteiger partial charge in [-0.2, -0.15) is 0 Å². The minimum absolute atomic E-state index is 0.0558. The van der Waals surface area contributed by atoms with E-state index >= 15 is 0 Å². The molecule has 0 atom stereocenters. The van der Waals surface area contributed by atoms with Gasteiger partial charge in [0.05, 0.1) is 0 Å². The van der Waals surface area contributed by atoms with Crippen LogP contribution in [0.2, 0.25) is 0 Å². The van der Waals surface area contributed by atoms with Gasteiger partial charge in [-0.1, -0.05) is 30.3 Å². The van der Waals surface area contributed by atoms with E-state index in [9.17, 15) is 0 Å². The van der Waals surface area contributed by atoms with Crippen LogP contribution in [0.25, 0.3) is 0 Å². The van der Waals surface area contributed by atoms with Gasteiger partial charge in [0, 0.05) is 5.54 Å². The van der Waals surface area contributed by atoms with Crippen LogP contribution in [-0.4, -0.2) is 18.6 Å². The SMILES string of the molecule is CC(C)(N)CCNCCc1ccccc1. The molecular formula is C13H22N2. The average Bonchev–Trinajstić information content (AvgIpc) is 2.17. The zero-order chi connectivity index (χ0) is 11.1. The molecule has 0 saturated heterocycles.